The summed E-state index contributed by atoms with van der Waals surface area (Å²) in [7, 11) is -4.03. The number of benzene rings is 3. The Balaban J connectivity index is 1.92. The fourth-order valence-corrected chi connectivity index (χ4v) is 4.84. The molecule has 0 aliphatic carbocycles. The van der Waals surface area contributed by atoms with Crippen LogP contribution >= 0.6 is 0 Å². The summed E-state index contributed by atoms with van der Waals surface area (Å²) in [4.78, 5) is 25.6. The van der Waals surface area contributed by atoms with Crippen LogP contribution in [0.1, 0.15) is 28.4 Å². The number of para-hydroxylation sites is 1. The zero-order chi connectivity index (χ0) is 25.4. The number of sulfonamides is 1. The number of amides is 2. The van der Waals surface area contributed by atoms with Gasteiger partial charge in [-0.1, -0.05) is 55.0 Å². The summed E-state index contributed by atoms with van der Waals surface area (Å²) in [5, 5.41) is 5.37. The highest BCUT2D eigenvalue weighted by atomic mass is 32.2. The second kappa shape index (κ2) is 11.5. The first-order valence-electron chi connectivity index (χ1n) is 11.2. The van der Waals surface area contributed by atoms with Crippen LogP contribution in [0.4, 0.5) is 11.4 Å². The first-order chi connectivity index (χ1) is 16.8. The monoisotopic (exact) mass is 491 g/mol. The molecule has 0 bridgehead atoms. The van der Waals surface area contributed by atoms with Gasteiger partial charge in [0.2, 0.25) is 5.91 Å². The van der Waals surface area contributed by atoms with Crippen LogP contribution in [0.25, 0.3) is 0 Å². The van der Waals surface area contributed by atoms with Gasteiger partial charge in [0.15, 0.2) is 0 Å². The number of hydrogen-bond donors (Lipinski definition) is 2. The number of aryl methyl sites for hydroxylation is 2. The van der Waals surface area contributed by atoms with Crippen LogP contribution in [0.5, 0.6) is 0 Å². The van der Waals surface area contributed by atoms with Gasteiger partial charge in [-0.25, -0.2) is 8.42 Å². The van der Waals surface area contributed by atoms with Crippen molar-refractivity contribution in [3.63, 3.8) is 0 Å². The molecule has 0 aliphatic rings. The largest absolute Gasteiger partial charge is 0.349 e. The second-order valence-electron chi connectivity index (χ2n) is 7.94. The third-order valence-electron chi connectivity index (χ3n) is 5.38. The summed E-state index contributed by atoms with van der Waals surface area (Å²) in [5.74, 6) is -0.954. The van der Waals surface area contributed by atoms with Gasteiger partial charge in [0.25, 0.3) is 15.9 Å². The number of carbonyl (C=O) groups is 2. The van der Waals surface area contributed by atoms with Crippen molar-refractivity contribution in [3.05, 3.63) is 102 Å². The van der Waals surface area contributed by atoms with E-state index in [9.17, 15) is 18.0 Å². The SMILES string of the molecule is C=CCNC(=O)c1ccccc1NC(=O)CN(c1ccc(CC)cc1)S(=O)(=O)c1ccc(C)cc1. The summed E-state index contributed by atoms with van der Waals surface area (Å²) in [6.45, 7) is 7.26. The average Bonchev–Trinajstić information content (AvgIpc) is 2.86. The summed E-state index contributed by atoms with van der Waals surface area (Å²) in [6.07, 6.45) is 2.35. The summed E-state index contributed by atoms with van der Waals surface area (Å²) >= 11 is 0. The lowest BCUT2D eigenvalue weighted by Gasteiger charge is -2.24. The van der Waals surface area contributed by atoms with E-state index in [1.807, 2.05) is 26.0 Å². The number of nitrogens with zero attached hydrogens (tertiary/aromatic N) is 1. The highest BCUT2D eigenvalue weighted by molar-refractivity contribution is 7.92. The molecule has 0 atom stereocenters. The molecule has 7 nitrogen and oxygen atoms in total. The molecule has 35 heavy (non-hydrogen) atoms. The molecule has 3 rings (SSSR count). The molecule has 0 unspecified atom stereocenters. The molecule has 0 saturated carbocycles. The molecule has 182 valence electrons. The standard InChI is InChI=1S/C27H29N3O4S/c1-4-18-28-27(32)24-8-6-7-9-25(24)29-26(31)19-30(22-14-12-21(5-2)13-15-22)35(33,34)23-16-10-20(3)11-17-23/h4,6-17H,1,5,18-19H2,2-3H3,(H,28,32)(H,29,31). The van der Waals surface area contributed by atoms with Crippen molar-refractivity contribution >= 4 is 33.2 Å². The normalized spacial score (nSPS) is 10.9. The Bertz CT molecular complexity index is 1300. The van der Waals surface area contributed by atoms with Gasteiger partial charge >= 0.3 is 0 Å². The first-order valence-corrected chi connectivity index (χ1v) is 12.7. The maximum absolute atomic E-state index is 13.6. The number of rotatable bonds is 10. The lowest BCUT2D eigenvalue weighted by molar-refractivity contribution is -0.114. The third-order valence-corrected chi connectivity index (χ3v) is 7.17. The molecule has 0 radical (unpaired) electrons. The second-order valence-corrected chi connectivity index (χ2v) is 9.80. The highest BCUT2D eigenvalue weighted by Crippen LogP contribution is 2.25. The van der Waals surface area contributed by atoms with Crippen LogP contribution in [0.15, 0.2) is 90.3 Å². The molecule has 0 aromatic heterocycles. The molecule has 0 aliphatic heterocycles. The van der Waals surface area contributed by atoms with Gasteiger partial charge in [-0.2, -0.15) is 0 Å². The maximum atomic E-state index is 13.6. The molecule has 0 fully saturated rings. The van der Waals surface area contributed by atoms with E-state index in [1.165, 1.54) is 12.1 Å². The van der Waals surface area contributed by atoms with E-state index in [2.05, 4.69) is 17.2 Å². The van der Waals surface area contributed by atoms with Gasteiger partial charge < -0.3 is 10.6 Å². The van der Waals surface area contributed by atoms with Gasteiger partial charge in [0.1, 0.15) is 6.54 Å². The minimum Gasteiger partial charge on any atom is -0.349 e. The summed E-state index contributed by atoms with van der Waals surface area (Å²) in [6, 6.07) is 20.1. The Kier molecular flexibility index (Phi) is 8.43. The number of hydrogen-bond acceptors (Lipinski definition) is 4. The van der Waals surface area contributed by atoms with E-state index in [0.717, 1.165) is 21.9 Å². The Morgan fingerprint density at radius 1 is 0.971 bits per heavy atom. The van der Waals surface area contributed by atoms with Crippen molar-refractivity contribution in [2.45, 2.75) is 25.2 Å². The predicted octanol–water partition coefficient (Wildman–Crippen LogP) is 4.31. The van der Waals surface area contributed by atoms with Gasteiger partial charge in [-0.15, -0.1) is 6.58 Å². The number of anilines is 2. The average molecular weight is 492 g/mol. The molecule has 2 amide bonds. The fraction of sp³-hybridized carbons (Fsp3) is 0.185. The highest BCUT2D eigenvalue weighted by Gasteiger charge is 2.27. The van der Waals surface area contributed by atoms with Crippen LogP contribution < -0.4 is 14.9 Å². The Morgan fingerprint density at radius 3 is 2.26 bits per heavy atom. The van der Waals surface area contributed by atoms with E-state index in [0.29, 0.717) is 5.69 Å². The molecule has 0 spiro atoms. The van der Waals surface area contributed by atoms with Gasteiger partial charge in [0.05, 0.1) is 21.8 Å². The van der Waals surface area contributed by atoms with Gasteiger partial charge in [-0.3, -0.25) is 13.9 Å². The van der Waals surface area contributed by atoms with Crippen molar-refractivity contribution in [2.24, 2.45) is 0 Å². The van der Waals surface area contributed by atoms with Crippen LogP contribution in [-0.4, -0.2) is 33.3 Å². The Morgan fingerprint density at radius 2 is 1.63 bits per heavy atom. The van der Waals surface area contributed by atoms with E-state index >= 15 is 0 Å². The molecule has 3 aromatic rings. The van der Waals surface area contributed by atoms with E-state index in [-0.39, 0.29) is 28.6 Å². The molecule has 0 heterocycles. The Hall–Kier alpha value is -3.91. The van der Waals surface area contributed by atoms with Crippen molar-refractivity contribution in [1.29, 1.82) is 0 Å². The topological polar surface area (TPSA) is 95.6 Å². The van der Waals surface area contributed by atoms with Gasteiger partial charge in [0, 0.05) is 6.54 Å². The molecule has 0 saturated heterocycles. The van der Waals surface area contributed by atoms with Crippen molar-refractivity contribution in [3.8, 4) is 0 Å². The van der Waals surface area contributed by atoms with E-state index < -0.39 is 22.5 Å². The molecule has 3 aromatic carbocycles. The number of carbonyl (C=O) groups excluding carboxylic acids is 2. The molecule has 2 N–H and O–H groups in total. The zero-order valence-electron chi connectivity index (χ0n) is 19.8. The maximum Gasteiger partial charge on any atom is 0.264 e. The lowest BCUT2D eigenvalue weighted by atomic mass is 10.1. The number of nitrogens with one attached hydrogen (secondary N) is 2. The van der Waals surface area contributed by atoms with Gasteiger partial charge in [-0.05, 0) is 55.3 Å². The fourth-order valence-electron chi connectivity index (χ4n) is 3.42. The van der Waals surface area contributed by atoms with E-state index in [1.54, 1.807) is 54.6 Å². The van der Waals surface area contributed by atoms with Crippen molar-refractivity contribution in [2.75, 3.05) is 22.7 Å². The van der Waals surface area contributed by atoms with Crippen LogP contribution in [0.2, 0.25) is 0 Å². The van der Waals surface area contributed by atoms with Crippen LogP contribution in [-0.2, 0) is 21.2 Å². The minimum absolute atomic E-state index is 0.0830. The van der Waals surface area contributed by atoms with E-state index in [4.69, 9.17) is 0 Å². The lowest BCUT2D eigenvalue weighted by Crippen LogP contribution is -2.38. The molecular formula is C27H29N3O4S. The smallest absolute Gasteiger partial charge is 0.264 e. The van der Waals surface area contributed by atoms with Crippen LogP contribution in [0, 0.1) is 6.92 Å². The zero-order valence-corrected chi connectivity index (χ0v) is 20.6. The van der Waals surface area contributed by atoms with Crippen LogP contribution in [0.3, 0.4) is 0 Å². The molecular weight excluding hydrogens is 462 g/mol. The summed E-state index contributed by atoms with van der Waals surface area (Å²) in [5.41, 5.74) is 2.89. The third kappa shape index (κ3) is 6.36. The van der Waals surface area contributed by atoms with Crippen molar-refractivity contribution < 1.29 is 18.0 Å². The predicted molar refractivity (Wildman–Crippen MR) is 139 cm³/mol. The molecule has 8 heteroatoms. The minimum atomic E-state index is -4.03. The first kappa shape index (κ1) is 25.7. The summed E-state index contributed by atoms with van der Waals surface area (Å²) < 4.78 is 28.2. The van der Waals surface area contributed by atoms with Crippen molar-refractivity contribution in [1.82, 2.24) is 5.32 Å². The quantitative estimate of drug-likeness (QED) is 0.413. The Labute approximate surface area is 206 Å².